The third kappa shape index (κ3) is 3.18. The van der Waals surface area contributed by atoms with Gasteiger partial charge in [-0.25, -0.2) is 13.1 Å². The van der Waals surface area contributed by atoms with Gasteiger partial charge in [-0.15, -0.1) is 16.7 Å². The van der Waals surface area contributed by atoms with E-state index >= 15 is 0 Å². The van der Waals surface area contributed by atoms with Crippen LogP contribution in [0.15, 0.2) is 9.63 Å². The smallest absolute Gasteiger partial charge is 0.235 e. The van der Waals surface area contributed by atoms with Crippen molar-refractivity contribution >= 4 is 37.6 Å². The van der Waals surface area contributed by atoms with Gasteiger partial charge in [-0.3, -0.25) is 0 Å². The summed E-state index contributed by atoms with van der Waals surface area (Å²) in [5.74, 6) is 0.252. The van der Waals surface area contributed by atoms with E-state index in [1.54, 1.807) is 0 Å². The normalized spacial score (nSPS) is 12.3. The molecule has 0 N–H and O–H groups in total. The van der Waals surface area contributed by atoms with Crippen LogP contribution in [0, 0.1) is 0 Å². The Morgan fingerprint density at radius 1 is 1.47 bits per heavy atom. The van der Waals surface area contributed by atoms with E-state index in [0.717, 1.165) is 6.42 Å². The summed E-state index contributed by atoms with van der Waals surface area (Å²) in [6, 6.07) is 0. The SMILES string of the molecule is CCCN(CCCl)S(=O)(=O)c1c(Br)nnn1C. The average molecular weight is 346 g/mol. The van der Waals surface area contributed by atoms with Crippen LogP contribution >= 0.6 is 27.5 Å². The summed E-state index contributed by atoms with van der Waals surface area (Å²) < 4.78 is 27.5. The Morgan fingerprint density at radius 3 is 2.53 bits per heavy atom. The first-order valence-electron chi connectivity index (χ1n) is 5.06. The second kappa shape index (κ2) is 6.12. The van der Waals surface area contributed by atoms with Gasteiger partial charge < -0.3 is 0 Å². The Balaban J connectivity index is 3.16. The van der Waals surface area contributed by atoms with Crippen molar-refractivity contribution in [1.82, 2.24) is 19.3 Å². The molecule has 6 nitrogen and oxygen atoms in total. The summed E-state index contributed by atoms with van der Waals surface area (Å²) >= 11 is 8.71. The molecule has 1 heterocycles. The van der Waals surface area contributed by atoms with Gasteiger partial charge in [-0.1, -0.05) is 12.1 Å². The van der Waals surface area contributed by atoms with Crippen molar-refractivity contribution < 1.29 is 8.42 Å². The van der Waals surface area contributed by atoms with Crippen LogP contribution < -0.4 is 0 Å². The minimum absolute atomic E-state index is 0.0519. The number of rotatable bonds is 6. The molecule has 0 saturated carbocycles. The molecule has 0 aliphatic heterocycles. The van der Waals surface area contributed by atoms with E-state index in [1.165, 1.54) is 16.0 Å². The lowest BCUT2D eigenvalue weighted by Gasteiger charge is -2.20. The van der Waals surface area contributed by atoms with Gasteiger partial charge >= 0.3 is 0 Å². The third-order valence-electron chi connectivity index (χ3n) is 2.13. The molecule has 0 aliphatic rings. The molecule has 1 rings (SSSR count). The maximum atomic E-state index is 12.4. The van der Waals surface area contributed by atoms with E-state index in [2.05, 4.69) is 26.2 Å². The number of sulfonamides is 1. The molecule has 0 spiro atoms. The molecule has 0 amide bonds. The number of hydrogen-bond acceptors (Lipinski definition) is 4. The van der Waals surface area contributed by atoms with Gasteiger partial charge in [0.25, 0.3) is 10.0 Å². The van der Waals surface area contributed by atoms with Crippen molar-refractivity contribution in [1.29, 1.82) is 0 Å². The van der Waals surface area contributed by atoms with E-state index in [4.69, 9.17) is 11.6 Å². The molecule has 0 bridgehead atoms. The highest BCUT2D eigenvalue weighted by atomic mass is 79.9. The zero-order chi connectivity index (χ0) is 13.1. The van der Waals surface area contributed by atoms with Crippen LogP contribution in [0.5, 0.6) is 0 Å². The highest BCUT2D eigenvalue weighted by Gasteiger charge is 2.29. The monoisotopic (exact) mass is 344 g/mol. The lowest BCUT2D eigenvalue weighted by atomic mass is 10.5. The van der Waals surface area contributed by atoms with Gasteiger partial charge in [0, 0.05) is 26.0 Å². The fourth-order valence-electron chi connectivity index (χ4n) is 1.41. The summed E-state index contributed by atoms with van der Waals surface area (Å²) in [5, 5.41) is 7.39. The molecule has 0 saturated heterocycles. The molecule has 0 aromatic carbocycles. The van der Waals surface area contributed by atoms with Crippen LogP contribution in [0.1, 0.15) is 13.3 Å². The zero-order valence-electron chi connectivity index (χ0n) is 9.60. The summed E-state index contributed by atoms with van der Waals surface area (Å²) in [6.45, 7) is 2.61. The number of alkyl halides is 1. The molecule has 17 heavy (non-hydrogen) atoms. The van der Waals surface area contributed by atoms with Crippen LogP contribution in [0.3, 0.4) is 0 Å². The fraction of sp³-hybridized carbons (Fsp3) is 0.750. The number of hydrogen-bond donors (Lipinski definition) is 0. The number of halogens is 2. The predicted octanol–water partition coefficient (Wildman–Crippen LogP) is 1.22. The largest absolute Gasteiger partial charge is 0.263 e. The van der Waals surface area contributed by atoms with Crippen LogP contribution in [-0.2, 0) is 17.1 Å². The quantitative estimate of drug-likeness (QED) is 0.727. The molecular formula is C8H14BrClN4O2S. The predicted molar refractivity (Wildman–Crippen MR) is 68.5 cm³/mol. The highest BCUT2D eigenvalue weighted by molar-refractivity contribution is 9.10. The Hall–Kier alpha value is -0.180. The molecule has 0 aliphatic carbocycles. The Labute approximate surface area is 114 Å². The molecule has 0 fully saturated rings. The Kier molecular flexibility index (Phi) is 5.36. The molecule has 1 aromatic heterocycles. The van der Waals surface area contributed by atoms with Crippen molar-refractivity contribution in [2.45, 2.75) is 18.4 Å². The van der Waals surface area contributed by atoms with Gasteiger partial charge in [0.05, 0.1) is 0 Å². The summed E-state index contributed by atoms with van der Waals surface area (Å²) in [7, 11) is -2.07. The van der Waals surface area contributed by atoms with Crippen molar-refractivity contribution in [2.24, 2.45) is 7.05 Å². The molecule has 0 unspecified atom stereocenters. The summed E-state index contributed by atoms with van der Waals surface area (Å²) in [4.78, 5) is 0. The van der Waals surface area contributed by atoms with Crippen LogP contribution in [0.2, 0.25) is 0 Å². The molecule has 1 aromatic rings. The van der Waals surface area contributed by atoms with Gasteiger partial charge in [0.15, 0.2) is 4.60 Å². The van der Waals surface area contributed by atoms with E-state index in [1.807, 2.05) is 6.92 Å². The van der Waals surface area contributed by atoms with Crippen LogP contribution in [0.25, 0.3) is 0 Å². The molecule has 0 atom stereocenters. The lowest BCUT2D eigenvalue weighted by molar-refractivity contribution is 0.421. The minimum Gasteiger partial charge on any atom is -0.235 e. The van der Waals surface area contributed by atoms with Gasteiger partial charge in [-0.05, 0) is 22.4 Å². The first kappa shape index (κ1) is 14.9. The van der Waals surface area contributed by atoms with Crippen LogP contribution in [-0.4, -0.2) is 46.7 Å². The van der Waals surface area contributed by atoms with E-state index in [9.17, 15) is 8.42 Å². The Morgan fingerprint density at radius 2 is 2.12 bits per heavy atom. The standard InChI is InChI=1S/C8H14BrClN4O2S/c1-3-5-14(6-4-10)17(15,16)8-7(9)11-12-13(8)2/h3-6H2,1-2H3. The highest BCUT2D eigenvalue weighted by Crippen LogP contribution is 2.22. The van der Waals surface area contributed by atoms with Crippen molar-refractivity contribution in [3.8, 4) is 0 Å². The topological polar surface area (TPSA) is 68.1 Å². The minimum atomic E-state index is -3.60. The maximum Gasteiger partial charge on any atom is 0.263 e. The van der Waals surface area contributed by atoms with E-state index in [-0.39, 0.29) is 22.1 Å². The molecule has 9 heteroatoms. The summed E-state index contributed by atoms with van der Waals surface area (Å²) in [6.07, 6.45) is 0.721. The third-order valence-corrected chi connectivity index (χ3v) is 5.09. The second-order valence-corrected chi connectivity index (χ2v) is 6.38. The first-order chi connectivity index (χ1) is 7.95. The molecular weight excluding hydrogens is 332 g/mol. The van der Waals surface area contributed by atoms with Crippen LogP contribution in [0.4, 0.5) is 0 Å². The molecule has 98 valence electrons. The number of aromatic nitrogens is 3. The number of nitrogens with zero attached hydrogens (tertiary/aromatic N) is 4. The maximum absolute atomic E-state index is 12.4. The Bertz CT molecular complexity index is 450. The van der Waals surface area contributed by atoms with Crippen molar-refractivity contribution in [3.63, 3.8) is 0 Å². The second-order valence-electron chi connectivity index (χ2n) is 3.40. The number of aryl methyl sites for hydroxylation is 1. The van der Waals surface area contributed by atoms with Crippen molar-refractivity contribution in [3.05, 3.63) is 4.60 Å². The lowest BCUT2D eigenvalue weighted by Crippen LogP contribution is -2.34. The zero-order valence-corrected chi connectivity index (χ0v) is 12.8. The molecule has 0 radical (unpaired) electrons. The van der Waals surface area contributed by atoms with Gasteiger partial charge in [0.1, 0.15) is 0 Å². The van der Waals surface area contributed by atoms with E-state index < -0.39 is 10.0 Å². The average Bonchev–Trinajstić information content (AvgIpc) is 2.58. The van der Waals surface area contributed by atoms with Crippen molar-refractivity contribution in [2.75, 3.05) is 19.0 Å². The summed E-state index contributed by atoms with van der Waals surface area (Å²) in [5.41, 5.74) is 0. The van der Waals surface area contributed by atoms with Gasteiger partial charge in [0.2, 0.25) is 5.03 Å². The fourth-order valence-corrected chi connectivity index (χ4v) is 4.28. The van der Waals surface area contributed by atoms with Gasteiger partial charge in [-0.2, -0.15) is 4.31 Å². The first-order valence-corrected chi connectivity index (χ1v) is 7.83. The van der Waals surface area contributed by atoms with E-state index in [0.29, 0.717) is 6.54 Å².